The predicted molar refractivity (Wildman–Crippen MR) is 102 cm³/mol. The number of aliphatic hydroxyl groups excluding tert-OH is 1. The van der Waals surface area contributed by atoms with E-state index in [0.717, 1.165) is 39.3 Å². The fraction of sp³-hybridized carbons (Fsp3) is 0.421. The normalized spacial score (nSPS) is 18.0. The topological polar surface area (TPSA) is 44.5 Å². The fourth-order valence-corrected chi connectivity index (χ4v) is 4.46. The third kappa shape index (κ3) is 4.10. The summed E-state index contributed by atoms with van der Waals surface area (Å²) >= 11 is 1.83. The molecule has 5 nitrogen and oxygen atoms in total. The Morgan fingerprint density at radius 1 is 1.04 bits per heavy atom. The average molecular weight is 356 g/mol. The first-order valence-corrected chi connectivity index (χ1v) is 9.71. The average Bonchev–Trinajstić information content (AvgIpc) is 3.27. The van der Waals surface area contributed by atoms with Crippen LogP contribution < -0.4 is 0 Å². The second-order valence-electron chi connectivity index (χ2n) is 6.72. The summed E-state index contributed by atoms with van der Waals surface area (Å²) in [6.45, 7) is 6.44. The van der Waals surface area contributed by atoms with E-state index in [4.69, 9.17) is 0 Å². The molecule has 6 heteroatoms. The molecule has 0 spiro atoms. The Bertz CT molecular complexity index is 793. The van der Waals surface area contributed by atoms with E-state index >= 15 is 0 Å². The lowest BCUT2D eigenvalue weighted by molar-refractivity contribution is 0.0607. The number of β-amino-alcohol motifs (C(OH)–C–C–N with tert-alkyl or cyclic N) is 1. The maximum absolute atomic E-state index is 10.3. The van der Waals surface area contributed by atoms with E-state index in [0.29, 0.717) is 6.54 Å². The van der Waals surface area contributed by atoms with Gasteiger partial charge in [0.15, 0.2) is 0 Å². The van der Waals surface area contributed by atoms with Crippen molar-refractivity contribution in [2.45, 2.75) is 19.2 Å². The molecule has 0 bridgehead atoms. The highest BCUT2D eigenvalue weighted by Crippen LogP contribution is 2.26. The van der Waals surface area contributed by atoms with Gasteiger partial charge in [-0.25, -0.2) is 0 Å². The lowest BCUT2D eigenvalue weighted by Gasteiger charge is -2.35. The molecule has 3 heterocycles. The number of hydrogen-bond acceptors (Lipinski definition) is 5. The molecule has 1 aromatic carbocycles. The van der Waals surface area contributed by atoms with Crippen LogP contribution in [0.15, 0.2) is 48.1 Å². The molecule has 25 heavy (non-hydrogen) atoms. The number of benzene rings is 1. The first kappa shape index (κ1) is 16.7. The van der Waals surface area contributed by atoms with Crippen LogP contribution in [0.4, 0.5) is 0 Å². The van der Waals surface area contributed by atoms with Gasteiger partial charge >= 0.3 is 0 Å². The summed E-state index contributed by atoms with van der Waals surface area (Å²) in [5.74, 6) is 0. The molecule has 0 unspecified atom stereocenters. The zero-order valence-corrected chi connectivity index (χ0v) is 15.1. The van der Waals surface area contributed by atoms with Gasteiger partial charge in [0.1, 0.15) is 0 Å². The summed E-state index contributed by atoms with van der Waals surface area (Å²) in [6, 6.07) is 10.5. The van der Waals surface area contributed by atoms with Crippen molar-refractivity contribution in [2.75, 3.05) is 32.7 Å². The number of thiophene rings is 1. The third-order valence-corrected chi connectivity index (χ3v) is 5.86. The summed E-state index contributed by atoms with van der Waals surface area (Å²) in [5.41, 5.74) is 1.44. The summed E-state index contributed by atoms with van der Waals surface area (Å²) < 4.78 is 3.17. The Morgan fingerprint density at radius 2 is 1.84 bits per heavy atom. The molecular formula is C19H24N4OS. The fourth-order valence-electron chi connectivity index (χ4n) is 3.51. The molecule has 1 N–H and O–H groups in total. The Morgan fingerprint density at radius 3 is 2.64 bits per heavy atom. The maximum Gasteiger partial charge on any atom is 0.0862 e. The van der Waals surface area contributed by atoms with Crippen molar-refractivity contribution in [3.8, 4) is 0 Å². The van der Waals surface area contributed by atoms with Gasteiger partial charge in [-0.15, -0.1) is 11.3 Å². The molecule has 3 aromatic rings. The van der Waals surface area contributed by atoms with Crippen molar-refractivity contribution in [3.05, 3.63) is 53.7 Å². The van der Waals surface area contributed by atoms with E-state index in [2.05, 4.69) is 44.5 Å². The van der Waals surface area contributed by atoms with Gasteiger partial charge in [0.05, 0.1) is 12.6 Å². The second-order valence-corrected chi connectivity index (χ2v) is 7.63. The molecule has 4 rings (SSSR count). The van der Waals surface area contributed by atoms with Crippen molar-refractivity contribution in [1.29, 1.82) is 0 Å². The first-order valence-electron chi connectivity index (χ1n) is 8.83. The number of nitrogens with zero attached hydrogens (tertiary/aromatic N) is 4. The van der Waals surface area contributed by atoms with Crippen LogP contribution in [0.3, 0.4) is 0 Å². The van der Waals surface area contributed by atoms with Crippen LogP contribution in [0.2, 0.25) is 0 Å². The zero-order chi connectivity index (χ0) is 17.1. The number of rotatable bonds is 6. The minimum Gasteiger partial charge on any atom is -0.390 e. The highest BCUT2D eigenvalue weighted by Gasteiger charge is 2.20. The van der Waals surface area contributed by atoms with Gasteiger partial charge in [-0.2, -0.15) is 5.10 Å². The summed E-state index contributed by atoms with van der Waals surface area (Å²) in [7, 11) is 0. The van der Waals surface area contributed by atoms with Crippen molar-refractivity contribution in [3.63, 3.8) is 0 Å². The van der Waals surface area contributed by atoms with Crippen molar-refractivity contribution in [1.82, 2.24) is 19.6 Å². The van der Waals surface area contributed by atoms with Crippen molar-refractivity contribution >= 4 is 21.4 Å². The molecule has 1 atom stereocenters. The standard InChI is InChI=1S/C19H24N4OS/c24-17(14-23-7-3-6-20-23)13-22-10-8-21(9-11-22)12-16-15-25-19-5-2-1-4-18(16)19/h1-7,15,17,24H,8-14H2/t17-/m1/s1. The summed E-state index contributed by atoms with van der Waals surface area (Å²) in [4.78, 5) is 4.88. The van der Waals surface area contributed by atoms with Crippen LogP contribution in [0.5, 0.6) is 0 Å². The van der Waals surface area contributed by atoms with Gasteiger partial charge in [0.2, 0.25) is 0 Å². The number of aromatic nitrogens is 2. The highest BCUT2D eigenvalue weighted by atomic mass is 32.1. The van der Waals surface area contributed by atoms with Gasteiger partial charge in [-0.3, -0.25) is 14.5 Å². The van der Waals surface area contributed by atoms with E-state index in [1.54, 1.807) is 10.9 Å². The Labute approximate surface area is 152 Å². The second kappa shape index (κ2) is 7.66. The lowest BCUT2D eigenvalue weighted by atomic mass is 10.1. The van der Waals surface area contributed by atoms with Crippen molar-refractivity contribution in [2.24, 2.45) is 0 Å². The summed E-state index contributed by atoms with van der Waals surface area (Å²) in [6.07, 6.45) is 3.28. The molecule has 0 amide bonds. The molecule has 1 aliphatic rings. The monoisotopic (exact) mass is 356 g/mol. The van der Waals surface area contributed by atoms with E-state index < -0.39 is 0 Å². The quantitative estimate of drug-likeness (QED) is 0.736. The molecule has 1 saturated heterocycles. The van der Waals surface area contributed by atoms with Gasteiger partial charge in [0, 0.05) is 56.4 Å². The number of hydrogen-bond donors (Lipinski definition) is 1. The van der Waals surface area contributed by atoms with Crippen LogP contribution >= 0.6 is 11.3 Å². The third-order valence-electron chi connectivity index (χ3n) is 4.85. The predicted octanol–water partition coefficient (Wildman–Crippen LogP) is 2.28. The molecule has 132 valence electrons. The molecule has 0 aliphatic carbocycles. The number of aliphatic hydroxyl groups is 1. The van der Waals surface area contributed by atoms with Crippen LogP contribution in [0.25, 0.3) is 10.1 Å². The van der Waals surface area contributed by atoms with Gasteiger partial charge < -0.3 is 5.11 Å². The highest BCUT2D eigenvalue weighted by molar-refractivity contribution is 7.17. The maximum atomic E-state index is 10.3. The molecule has 2 aromatic heterocycles. The van der Waals surface area contributed by atoms with Crippen LogP contribution in [0, 0.1) is 0 Å². The SMILES string of the molecule is O[C@H](CN1CCN(Cc2csc3ccccc23)CC1)Cn1cccn1. The molecule has 1 aliphatic heterocycles. The van der Waals surface area contributed by atoms with E-state index in [1.807, 2.05) is 23.6 Å². The first-order chi connectivity index (χ1) is 12.3. The minimum atomic E-state index is -0.368. The van der Waals surface area contributed by atoms with E-state index in [-0.39, 0.29) is 6.10 Å². The largest absolute Gasteiger partial charge is 0.390 e. The molecule has 1 fully saturated rings. The zero-order valence-electron chi connectivity index (χ0n) is 14.3. The minimum absolute atomic E-state index is 0.368. The Hall–Kier alpha value is -1.73. The molecular weight excluding hydrogens is 332 g/mol. The Balaban J connectivity index is 1.27. The lowest BCUT2D eigenvalue weighted by Crippen LogP contribution is -2.48. The van der Waals surface area contributed by atoms with Gasteiger partial charge in [-0.05, 0) is 28.5 Å². The van der Waals surface area contributed by atoms with E-state index in [1.165, 1.54) is 15.6 Å². The van der Waals surface area contributed by atoms with Gasteiger partial charge in [-0.1, -0.05) is 18.2 Å². The van der Waals surface area contributed by atoms with Crippen LogP contribution in [0.1, 0.15) is 5.56 Å². The molecule has 0 saturated carbocycles. The molecule has 0 radical (unpaired) electrons. The van der Waals surface area contributed by atoms with Crippen LogP contribution in [-0.4, -0.2) is 63.5 Å². The summed E-state index contributed by atoms with van der Waals surface area (Å²) in [5, 5.41) is 18.1. The number of piperazine rings is 1. The van der Waals surface area contributed by atoms with Gasteiger partial charge in [0.25, 0.3) is 0 Å². The van der Waals surface area contributed by atoms with E-state index in [9.17, 15) is 5.11 Å². The smallest absolute Gasteiger partial charge is 0.0862 e. The van der Waals surface area contributed by atoms with Crippen molar-refractivity contribution < 1.29 is 5.11 Å². The number of fused-ring (bicyclic) bond motifs is 1. The Kier molecular flexibility index (Phi) is 5.12. The van der Waals surface area contributed by atoms with Crippen LogP contribution in [-0.2, 0) is 13.1 Å².